The summed E-state index contributed by atoms with van der Waals surface area (Å²) in [5, 5.41) is 3.27. The molecule has 5 aromatic rings. The van der Waals surface area contributed by atoms with Gasteiger partial charge in [-0.3, -0.25) is 4.98 Å². The lowest BCUT2D eigenvalue weighted by molar-refractivity contribution is -0.274. The van der Waals surface area contributed by atoms with Gasteiger partial charge < -0.3 is 14.5 Å². The molecule has 2 aromatic carbocycles. The van der Waals surface area contributed by atoms with Crippen molar-refractivity contribution in [1.82, 2.24) is 15.0 Å². The summed E-state index contributed by atoms with van der Waals surface area (Å²) in [4.78, 5) is 13.7. The predicted molar refractivity (Wildman–Crippen MR) is 129 cm³/mol. The average molecular weight is 488 g/mol. The van der Waals surface area contributed by atoms with E-state index in [0.717, 1.165) is 22.5 Å². The highest BCUT2D eigenvalue weighted by molar-refractivity contribution is 5.73. The van der Waals surface area contributed by atoms with Crippen LogP contribution in [0.2, 0.25) is 0 Å². The summed E-state index contributed by atoms with van der Waals surface area (Å²) in [6.07, 6.45) is 0.183. The van der Waals surface area contributed by atoms with Crippen LogP contribution in [0.5, 0.6) is 5.75 Å². The Labute approximate surface area is 204 Å². The minimum atomic E-state index is -4.74. The fourth-order valence-corrected chi connectivity index (χ4v) is 3.58. The van der Waals surface area contributed by atoms with Gasteiger partial charge in [0.2, 0.25) is 0 Å². The largest absolute Gasteiger partial charge is 0.573 e. The van der Waals surface area contributed by atoms with Crippen LogP contribution in [-0.4, -0.2) is 21.3 Å². The van der Waals surface area contributed by atoms with Crippen molar-refractivity contribution in [3.05, 3.63) is 103 Å². The van der Waals surface area contributed by atoms with Crippen LogP contribution in [0.15, 0.2) is 102 Å². The van der Waals surface area contributed by atoms with E-state index in [-0.39, 0.29) is 5.75 Å². The highest BCUT2D eigenvalue weighted by Gasteiger charge is 2.31. The number of furan rings is 1. The Morgan fingerprint density at radius 1 is 0.778 bits per heavy atom. The lowest BCUT2D eigenvalue weighted by Crippen LogP contribution is -2.16. The van der Waals surface area contributed by atoms with E-state index in [4.69, 9.17) is 9.40 Å². The quantitative estimate of drug-likeness (QED) is 0.267. The van der Waals surface area contributed by atoms with Crippen LogP contribution in [-0.2, 0) is 6.54 Å². The zero-order valence-electron chi connectivity index (χ0n) is 18.7. The van der Waals surface area contributed by atoms with Crippen LogP contribution in [0, 0.1) is 0 Å². The summed E-state index contributed by atoms with van der Waals surface area (Å²) in [6.45, 7) is 0.447. The van der Waals surface area contributed by atoms with E-state index in [1.54, 1.807) is 30.8 Å². The summed E-state index contributed by atoms with van der Waals surface area (Å²) < 4.78 is 46.8. The third-order valence-corrected chi connectivity index (χ3v) is 5.24. The van der Waals surface area contributed by atoms with E-state index in [1.165, 1.54) is 12.1 Å². The van der Waals surface area contributed by atoms with Gasteiger partial charge in [0.15, 0.2) is 5.82 Å². The fraction of sp³-hybridized carbons (Fsp3) is 0.0741. The normalized spacial score (nSPS) is 11.3. The van der Waals surface area contributed by atoms with Crippen molar-refractivity contribution in [2.24, 2.45) is 0 Å². The van der Waals surface area contributed by atoms with Gasteiger partial charge >= 0.3 is 6.36 Å². The first-order valence-electron chi connectivity index (χ1n) is 11.0. The number of rotatable bonds is 7. The van der Waals surface area contributed by atoms with Crippen LogP contribution in [0.3, 0.4) is 0 Å². The molecule has 1 N–H and O–H groups in total. The maximum absolute atomic E-state index is 12.5. The smallest absolute Gasteiger partial charge is 0.467 e. The molecule has 36 heavy (non-hydrogen) atoms. The van der Waals surface area contributed by atoms with Gasteiger partial charge in [-0.2, -0.15) is 0 Å². The second kappa shape index (κ2) is 9.91. The molecule has 0 saturated heterocycles. The second-order valence-electron chi connectivity index (χ2n) is 7.80. The first-order chi connectivity index (χ1) is 17.4. The topological polar surface area (TPSA) is 73.1 Å². The van der Waals surface area contributed by atoms with Crippen LogP contribution < -0.4 is 10.1 Å². The second-order valence-corrected chi connectivity index (χ2v) is 7.80. The first kappa shape index (κ1) is 23.1. The van der Waals surface area contributed by atoms with Gasteiger partial charge in [0.05, 0.1) is 18.5 Å². The highest BCUT2D eigenvalue weighted by Crippen LogP contribution is 2.30. The van der Waals surface area contributed by atoms with E-state index >= 15 is 0 Å². The zero-order chi connectivity index (χ0) is 25.0. The number of hydrogen-bond acceptors (Lipinski definition) is 6. The third kappa shape index (κ3) is 5.69. The Morgan fingerprint density at radius 3 is 2.28 bits per heavy atom. The van der Waals surface area contributed by atoms with Crippen LogP contribution in [0.25, 0.3) is 33.8 Å². The molecule has 5 rings (SSSR count). The monoisotopic (exact) mass is 488 g/mol. The minimum Gasteiger partial charge on any atom is -0.467 e. The molecule has 6 nitrogen and oxygen atoms in total. The van der Waals surface area contributed by atoms with Crippen molar-refractivity contribution >= 4 is 5.82 Å². The van der Waals surface area contributed by atoms with Crippen molar-refractivity contribution in [1.29, 1.82) is 0 Å². The van der Waals surface area contributed by atoms with Gasteiger partial charge in [0.1, 0.15) is 17.3 Å². The molecular formula is C27H19F3N4O2. The lowest BCUT2D eigenvalue weighted by Gasteiger charge is -2.11. The van der Waals surface area contributed by atoms with E-state index < -0.39 is 6.36 Å². The Kier molecular flexibility index (Phi) is 6.36. The van der Waals surface area contributed by atoms with Gasteiger partial charge in [0, 0.05) is 35.2 Å². The average Bonchev–Trinajstić information content (AvgIpc) is 3.41. The number of nitrogens with one attached hydrogen (secondary N) is 1. The summed E-state index contributed by atoms with van der Waals surface area (Å²) in [7, 11) is 0. The van der Waals surface area contributed by atoms with Crippen molar-refractivity contribution in [2.45, 2.75) is 12.9 Å². The molecule has 0 aliphatic heterocycles. The number of anilines is 1. The summed E-state index contributed by atoms with van der Waals surface area (Å²) in [5.41, 5.74) is 3.62. The summed E-state index contributed by atoms with van der Waals surface area (Å²) >= 11 is 0. The Balaban J connectivity index is 1.48. The molecule has 0 unspecified atom stereocenters. The molecule has 3 heterocycles. The van der Waals surface area contributed by atoms with Crippen LogP contribution >= 0.6 is 0 Å². The molecule has 0 bridgehead atoms. The first-order valence-corrected chi connectivity index (χ1v) is 11.0. The predicted octanol–water partition coefficient (Wildman–Crippen LogP) is 6.98. The number of pyridine rings is 1. The van der Waals surface area contributed by atoms with Gasteiger partial charge in [-0.15, -0.1) is 13.2 Å². The Bertz CT molecular complexity index is 1440. The maximum atomic E-state index is 12.5. The van der Waals surface area contributed by atoms with Crippen LogP contribution in [0.4, 0.5) is 19.0 Å². The molecular weight excluding hydrogens is 469 g/mol. The number of alkyl halides is 3. The maximum Gasteiger partial charge on any atom is 0.573 e. The van der Waals surface area contributed by atoms with Crippen LogP contribution in [0.1, 0.15) is 5.76 Å². The van der Waals surface area contributed by atoms with Crippen molar-refractivity contribution < 1.29 is 22.3 Å². The van der Waals surface area contributed by atoms with Crippen molar-refractivity contribution in [2.75, 3.05) is 5.32 Å². The SMILES string of the molecule is FC(F)(F)Oc1ccc(-c2cncc(-c3cc(NCc4ccco4)nc(-c4ccccc4)n3)c2)cc1. The number of ether oxygens (including phenoxy) is 1. The minimum absolute atomic E-state index is 0.286. The highest BCUT2D eigenvalue weighted by atomic mass is 19.4. The molecule has 0 amide bonds. The van der Waals surface area contributed by atoms with E-state index in [2.05, 4.69) is 20.0 Å². The number of hydrogen-bond donors (Lipinski definition) is 1. The van der Waals surface area contributed by atoms with Gasteiger partial charge in [-0.25, -0.2) is 9.97 Å². The standard InChI is InChI=1S/C27H19F3N4O2/c28-27(29,30)36-22-10-8-18(9-11-22)20-13-21(16-31-15-20)24-14-25(32-17-23-7-4-12-35-23)34-26(33-24)19-5-2-1-3-6-19/h1-16H,17H2,(H,32,33,34). The van der Waals surface area contributed by atoms with E-state index in [0.29, 0.717) is 29.4 Å². The molecule has 3 aromatic heterocycles. The van der Waals surface area contributed by atoms with Gasteiger partial charge in [0.25, 0.3) is 0 Å². The molecule has 0 saturated carbocycles. The molecule has 0 radical (unpaired) electrons. The Morgan fingerprint density at radius 2 is 1.56 bits per heavy atom. The van der Waals surface area contributed by atoms with Gasteiger partial charge in [-0.1, -0.05) is 42.5 Å². The lowest BCUT2D eigenvalue weighted by atomic mass is 10.0. The van der Waals surface area contributed by atoms with Crippen molar-refractivity contribution in [3.63, 3.8) is 0 Å². The fourth-order valence-electron chi connectivity index (χ4n) is 3.58. The molecule has 0 fully saturated rings. The molecule has 9 heteroatoms. The zero-order valence-corrected chi connectivity index (χ0v) is 18.7. The number of nitrogens with zero attached hydrogens (tertiary/aromatic N) is 3. The molecule has 0 atom stereocenters. The van der Waals surface area contributed by atoms with E-state index in [1.807, 2.05) is 54.6 Å². The number of benzene rings is 2. The summed E-state index contributed by atoms with van der Waals surface area (Å²) in [5.74, 6) is 1.62. The molecule has 0 aliphatic carbocycles. The Hall–Kier alpha value is -4.66. The molecule has 0 aliphatic rings. The molecule has 0 spiro atoms. The van der Waals surface area contributed by atoms with Gasteiger partial charge in [-0.05, 0) is 35.9 Å². The van der Waals surface area contributed by atoms with E-state index in [9.17, 15) is 13.2 Å². The summed E-state index contributed by atoms with van der Waals surface area (Å²) in [6, 6.07) is 22.6. The third-order valence-electron chi connectivity index (χ3n) is 5.24. The number of aromatic nitrogens is 3. The number of halogens is 3. The van der Waals surface area contributed by atoms with Crippen molar-refractivity contribution in [3.8, 4) is 39.5 Å². The molecule has 180 valence electrons.